The van der Waals surface area contributed by atoms with Crippen LogP contribution in [0.5, 0.6) is 0 Å². The van der Waals surface area contributed by atoms with E-state index in [9.17, 15) is 4.79 Å². The number of tetrazole rings is 1. The number of aromatic nitrogens is 4. The molecule has 0 unspecified atom stereocenters. The number of carbonyl (C=O) groups is 1. The lowest BCUT2D eigenvalue weighted by molar-refractivity contribution is -0.117. The second kappa shape index (κ2) is 8.35. The molecule has 0 fully saturated rings. The minimum Gasteiger partial charge on any atom is -0.312 e. The fraction of sp³-hybridized carbons (Fsp3) is 0.300. The molecular formula is C20H23N5OS. The molecule has 27 heavy (non-hydrogen) atoms. The number of benzene rings is 2. The maximum Gasteiger partial charge on any atom is 0.240 e. The zero-order valence-corrected chi connectivity index (χ0v) is 16.8. The van der Waals surface area contributed by atoms with E-state index in [1.807, 2.05) is 62.4 Å². The van der Waals surface area contributed by atoms with Gasteiger partial charge >= 0.3 is 0 Å². The molecule has 7 heteroatoms. The summed E-state index contributed by atoms with van der Waals surface area (Å²) in [6.45, 7) is 8.59. The fourth-order valence-electron chi connectivity index (χ4n) is 2.77. The van der Waals surface area contributed by atoms with Crippen molar-refractivity contribution in [1.29, 1.82) is 0 Å². The summed E-state index contributed by atoms with van der Waals surface area (Å²) >= 11 is 1.36. The van der Waals surface area contributed by atoms with Gasteiger partial charge in [0.15, 0.2) is 0 Å². The Morgan fingerprint density at radius 2 is 1.89 bits per heavy atom. The molecule has 1 atom stereocenters. The van der Waals surface area contributed by atoms with E-state index in [1.165, 1.54) is 22.9 Å². The Bertz CT molecular complexity index is 925. The van der Waals surface area contributed by atoms with Crippen LogP contribution in [0.15, 0.2) is 53.7 Å². The van der Waals surface area contributed by atoms with Gasteiger partial charge in [0.2, 0.25) is 11.1 Å². The summed E-state index contributed by atoms with van der Waals surface area (Å²) in [5.41, 5.74) is 4.17. The van der Waals surface area contributed by atoms with E-state index in [0.29, 0.717) is 11.7 Å². The molecular weight excluding hydrogens is 358 g/mol. The average Bonchev–Trinajstić information content (AvgIpc) is 3.13. The van der Waals surface area contributed by atoms with E-state index in [1.54, 1.807) is 9.58 Å². The number of para-hydroxylation sites is 1. The van der Waals surface area contributed by atoms with Crippen molar-refractivity contribution in [2.24, 2.45) is 0 Å². The monoisotopic (exact) mass is 381 g/mol. The molecule has 0 aliphatic heterocycles. The van der Waals surface area contributed by atoms with Crippen LogP contribution in [0.25, 0.3) is 5.69 Å². The summed E-state index contributed by atoms with van der Waals surface area (Å²) in [6.07, 6.45) is 0. The van der Waals surface area contributed by atoms with Gasteiger partial charge in [0.25, 0.3) is 0 Å². The van der Waals surface area contributed by atoms with Gasteiger partial charge in [-0.2, -0.15) is 4.68 Å². The third-order valence-electron chi connectivity index (χ3n) is 4.46. The molecule has 2 aromatic carbocycles. The van der Waals surface area contributed by atoms with Crippen LogP contribution < -0.4 is 4.90 Å². The molecule has 140 valence electrons. The first-order valence-corrected chi connectivity index (χ1v) is 9.78. The van der Waals surface area contributed by atoms with E-state index in [2.05, 4.69) is 29.4 Å². The van der Waals surface area contributed by atoms with Crippen LogP contribution in [-0.4, -0.2) is 37.9 Å². The van der Waals surface area contributed by atoms with Gasteiger partial charge in [-0.25, -0.2) is 0 Å². The van der Waals surface area contributed by atoms with Gasteiger partial charge in [-0.05, 0) is 73.5 Å². The summed E-state index contributed by atoms with van der Waals surface area (Å²) in [4.78, 5) is 14.8. The number of aryl methyl sites for hydroxylation is 2. The molecule has 3 rings (SSSR count). The highest BCUT2D eigenvalue weighted by molar-refractivity contribution is 8.00. The number of carbonyl (C=O) groups excluding carboxylic acids is 1. The molecule has 0 saturated carbocycles. The van der Waals surface area contributed by atoms with Gasteiger partial charge in [-0.15, -0.1) is 5.10 Å². The fourth-order valence-corrected chi connectivity index (χ4v) is 3.64. The number of anilines is 1. The zero-order valence-electron chi connectivity index (χ0n) is 16.0. The molecule has 3 aromatic rings. The van der Waals surface area contributed by atoms with Crippen LogP contribution in [0.3, 0.4) is 0 Å². The molecule has 0 radical (unpaired) electrons. The predicted octanol–water partition coefficient (Wildman–Crippen LogP) is 3.81. The normalized spacial score (nSPS) is 12.0. The van der Waals surface area contributed by atoms with E-state index in [4.69, 9.17) is 0 Å². The summed E-state index contributed by atoms with van der Waals surface area (Å²) in [7, 11) is 0. The first kappa shape index (κ1) is 19.1. The molecule has 0 saturated heterocycles. The first-order valence-electron chi connectivity index (χ1n) is 8.90. The zero-order chi connectivity index (χ0) is 19.4. The molecule has 0 spiro atoms. The largest absolute Gasteiger partial charge is 0.312 e. The quantitative estimate of drug-likeness (QED) is 0.608. The molecule has 0 aliphatic rings. The molecule has 1 amide bonds. The van der Waals surface area contributed by atoms with Gasteiger partial charge < -0.3 is 4.90 Å². The summed E-state index contributed by atoms with van der Waals surface area (Å²) in [5, 5.41) is 12.3. The van der Waals surface area contributed by atoms with Gasteiger partial charge in [-0.3, -0.25) is 4.79 Å². The Morgan fingerprint density at radius 1 is 1.15 bits per heavy atom. The van der Waals surface area contributed by atoms with Crippen LogP contribution in [0.2, 0.25) is 0 Å². The molecule has 1 aromatic heterocycles. The van der Waals surface area contributed by atoms with Crippen molar-refractivity contribution in [1.82, 2.24) is 20.2 Å². The van der Waals surface area contributed by atoms with E-state index < -0.39 is 0 Å². The Balaban J connectivity index is 1.80. The molecule has 6 nitrogen and oxygen atoms in total. The Hall–Kier alpha value is -2.67. The number of rotatable bonds is 6. The number of nitrogens with zero attached hydrogens (tertiary/aromatic N) is 5. The van der Waals surface area contributed by atoms with Gasteiger partial charge in [0, 0.05) is 12.2 Å². The van der Waals surface area contributed by atoms with Crippen LogP contribution in [0.4, 0.5) is 5.69 Å². The number of hydrogen-bond donors (Lipinski definition) is 0. The standard InChI is InChI=1S/C20H23N5OS/c1-5-24(17-9-7-6-8-10-17)19(26)16(4)27-20-21-22-23-25(20)18-12-11-14(2)15(3)13-18/h6-13,16H,5H2,1-4H3/t16-/m0/s1. The SMILES string of the molecule is CCN(C(=O)[C@H](C)Sc1nnnn1-c1ccc(C)c(C)c1)c1ccccc1. The van der Waals surface area contributed by atoms with Crippen LogP contribution >= 0.6 is 11.8 Å². The van der Waals surface area contributed by atoms with Crippen molar-refractivity contribution >= 4 is 23.4 Å². The van der Waals surface area contributed by atoms with E-state index >= 15 is 0 Å². The van der Waals surface area contributed by atoms with E-state index in [-0.39, 0.29) is 11.2 Å². The third kappa shape index (κ3) is 4.19. The average molecular weight is 382 g/mol. The minimum absolute atomic E-state index is 0.0309. The third-order valence-corrected chi connectivity index (χ3v) is 5.48. The van der Waals surface area contributed by atoms with E-state index in [0.717, 1.165) is 11.4 Å². The molecule has 0 N–H and O–H groups in total. The lowest BCUT2D eigenvalue weighted by Gasteiger charge is -2.24. The second-order valence-corrected chi connectivity index (χ2v) is 7.63. The molecule has 1 heterocycles. The molecule has 0 bridgehead atoms. The van der Waals surface area contributed by atoms with Gasteiger partial charge in [0.05, 0.1) is 10.9 Å². The summed E-state index contributed by atoms with van der Waals surface area (Å²) < 4.78 is 1.68. The van der Waals surface area contributed by atoms with Crippen LogP contribution in [-0.2, 0) is 4.79 Å². The smallest absolute Gasteiger partial charge is 0.240 e. The summed E-state index contributed by atoms with van der Waals surface area (Å²) in [5.74, 6) is 0.0309. The predicted molar refractivity (Wildman–Crippen MR) is 108 cm³/mol. The van der Waals surface area contributed by atoms with Gasteiger partial charge in [-0.1, -0.05) is 36.0 Å². The number of amides is 1. The Kier molecular flexibility index (Phi) is 5.91. The van der Waals surface area contributed by atoms with Crippen molar-refractivity contribution in [3.8, 4) is 5.69 Å². The lowest BCUT2D eigenvalue weighted by Crippen LogP contribution is -2.36. The minimum atomic E-state index is -0.318. The topological polar surface area (TPSA) is 63.9 Å². The lowest BCUT2D eigenvalue weighted by atomic mass is 10.1. The second-order valence-electron chi connectivity index (χ2n) is 6.32. The van der Waals surface area contributed by atoms with Crippen LogP contribution in [0, 0.1) is 13.8 Å². The maximum absolute atomic E-state index is 13.0. The molecule has 0 aliphatic carbocycles. The Morgan fingerprint density at radius 3 is 2.56 bits per heavy atom. The highest BCUT2D eigenvalue weighted by Gasteiger charge is 2.24. The highest BCUT2D eigenvalue weighted by Crippen LogP contribution is 2.26. The van der Waals surface area contributed by atoms with Crippen molar-refractivity contribution in [3.63, 3.8) is 0 Å². The maximum atomic E-state index is 13.0. The van der Waals surface area contributed by atoms with Crippen LogP contribution in [0.1, 0.15) is 25.0 Å². The highest BCUT2D eigenvalue weighted by atomic mass is 32.2. The van der Waals surface area contributed by atoms with Crippen molar-refractivity contribution in [2.75, 3.05) is 11.4 Å². The van der Waals surface area contributed by atoms with Crippen molar-refractivity contribution in [2.45, 2.75) is 38.1 Å². The Labute approximate surface area is 163 Å². The number of thioether (sulfide) groups is 1. The summed E-state index contributed by atoms with van der Waals surface area (Å²) in [6, 6.07) is 15.8. The number of hydrogen-bond acceptors (Lipinski definition) is 5. The van der Waals surface area contributed by atoms with Crippen molar-refractivity contribution < 1.29 is 4.79 Å². The van der Waals surface area contributed by atoms with Crippen molar-refractivity contribution in [3.05, 3.63) is 59.7 Å². The first-order chi connectivity index (χ1) is 13.0. The van der Waals surface area contributed by atoms with Gasteiger partial charge in [0.1, 0.15) is 0 Å².